The number of benzene rings is 1. The van der Waals surface area contributed by atoms with Crippen LogP contribution in [0.15, 0.2) is 33.9 Å². The van der Waals surface area contributed by atoms with Crippen LogP contribution in [0, 0.1) is 6.92 Å². The number of sulfonamides is 1. The smallest absolute Gasteiger partial charge is 0.461 e. The molecular weight excluding hydrogens is 433 g/mol. The highest BCUT2D eigenvalue weighted by Gasteiger charge is 2.32. The minimum Gasteiger partial charge on any atom is -0.461 e. The Labute approximate surface area is 167 Å². The summed E-state index contributed by atoms with van der Waals surface area (Å²) in [5, 5.41) is 1.71. The molecule has 1 aromatic carbocycles. The molecule has 2 heterocycles. The largest absolute Gasteiger partial charge is 0.573 e. The SMILES string of the molecule is CCOC(=O)c1cc2cc(OC(F)(F)F)cc(NS(=O)(=O)c3sccc3C)c2[nH]1. The van der Waals surface area contributed by atoms with Gasteiger partial charge in [-0.3, -0.25) is 4.72 Å². The van der Waals surface area contributed by atoms with Gasteiger partial charge in [0.15, 0.2) is 0 Å². The Bertz CT molecular complexity index is 1170. The van der Waals surface area contributed by atoms with Gasteiger partial charge in [0.05, 0.1) is 17.8 Å². The number of hydrogen-bond acceptors (Lipinski definition) is 6. The summed E-state index contributed by atoms with van der Waals surface area (Å²) in [5.41, 5.74) is 0.351. The van der Waals surface area contributed by atoms with E-state index in [-0.39, 0.29) is 33.1 Å². The zero-order valence-corrected chi connectivity index (χ0v) is 16.7. The number of thiophene rings is 1. The van der Waals surface area contributed by atoms with Crippen molar-refractivity contribution >= 4 is 43.9 Å². The number of alkyl halides is 3. The standard InChI is InChI=1S/C17H15F3N2O5S2/c1-3-26-15(23)13-7-10-6-11(27-17(18,19)20)8-12(14(10)21-13)22-29(24,25)16-9(2)4-5-28-16/h4-8,21-22H,3H2,1-2H3. The molecule has 0 atom stereocenters. The number of aryl methyl sites for hydroxylation is 1. The van der Waals surface area contributed by atoms with E-state index in [9.17, 15) is 26.4 Å². The molecule has 2 aromatic heterocycles. The van der Waals surface area contributed by atoms with E-state index in [2.05, 4.69) is 14.4 Å². The van der Waals surface area contributed by atoms with Crippen molar-refractivity contribution in [1.29, 1.82) is 0 Å². The van der Waals surface area contributed by atoms with Gasteiger partial charge in [-0.25, -0.2) is 13.2 Å². The fourth-order valence-electron chi connectivity index (χ4n) is 2.63. The van der Waals surface area contributed by atoms with Gasteiger partial charge in [0, 0.05) is 11.5 Å². The summed E-state index contributed by atoms with van der Waals surface area (Å²) in [4.78, 5) is 14.6. The van der Waals surface area contributed by atoms with E-state index < -0.39 is 28.1 Å². The number of H-pyrrole nitrogens is 1. The quantitative estimate of drug-likeness (QED) is 0.545. The van der Waals surface area contributed by atoms with E-state index in [1.165, 1.54) is 6.07 Å². The molecular formula is C17H15F3N2O5S2. The second kappa shape index (κ2) is 7.59. The molecule has 0 saturated carbocycles. The number of ether oxygens (including phenoxy) is 2. The number of aromatic nitrogens is 1. The summed E-state index contributed by atoms with van der Waals surface area (Å²) in [7, 11) is -4.08. The lowest BCUT2D eigenvalue weighted by Gasteiger charge is -2.13. The maximum absolute atomic E-state index is 12.7. The lowest BCUT2D eigenvalue weighted by molar-refractivity contribution is -0.274. The second-order valence-electron chi connectivity index (χ2n) is 5.88. The minimum atomic E-state index is -4.98. The van der Waals surface area contributed by atoms with Gasteiger partial charge in [-0.1, -0.05) is 0 Å². The summed E-state index contributed by atoms with van der Waals surface area (Å²) >= 11 is 0.966. The Morgan fingerprint density at radius 1 is 1.28 bits per heavy atom. The predicted octanol–water partition coefficient (Wildman–Crippen LogP) is 4.41. The third kappa shape index (κ3) is 4.65. The Hall–Kier alpha value is -2.73. The molecule has 0 bridgehead atoms. The average molecular weight is 448 g/mol. The fraction of sp³-hybridized carbons (Fsp3) is 0.235. The van der Waals surface area contributed by atoms with E-state index in [1.807, 2.05) is 0 Å². The number of carbonyl (C=O) groups is 1. The normalized spacial score (nSPS) is 12.2. The number of halogens is 3. The van der Waals surface area contributed by atoms with Gasteiger partial charge in [-0.2, -0.15) is 0 Å². The molecule has 3 rings (SSSR count). The van der Waals surface area contributed by atoms with Crippen LogP contribution in [0.5, 0.6) is 5.75 Å². The number of fused-ring (bicyclic) bond motifs is 1. The molecule has 12 heteroatoms. The van der Waals surface area contributed by atoms with Gasteiger partial charge in [0.1, 0.15) is 15.7 Å². The molecule has 0 aliphatic carbocycles. The summed E-state index contributed by atoms with van der Waals surface area (Å²) in [6.45, 7) is 3.28. The average Bonchev–Trinajstić information content (AvgIpc) is 3.19. The van der Waals surface area contributed by atoms with Crippen molar-refractivity contribution in [3.8, 4) is 5.75 Å². The molecule has 0 saturated heterocycles. The van der Waals surface area contributed by atoms with Crippen LogP contribution in [0.3, 0.4) is 0 Å². The van der Waals surface area contributed by atoms with Gasteiger partial charge in [0.2, 0.25) is 0 Å². The monoisotopic (exact) mass is 448 g/mol. The molecule has 0 aliphatic heterocycles. The van der Waals surface area contributed by atoms with Gasteiger partial charge < -0.3 is 14.5 Å². The van der Waals surface area contributed by atoms with Gasteiger partial charge in [-0.05, 0) is 43.0 Å². The Morgan fingerprint density at radius 2 is 2.00 bits per heavy atom. The van der Waals surface area contributed by atoms with Crippen molar-refractivity contribution in [2.75, 3.05) is 11.3 Å². The van der Waals surface area contributed by atoms with Crippen molar-refractivity contribution < 1.29 is 35.9 Å². The summed E-state index contributed by atoms with van der Waals surface area (Å²) in [6, 6.07) is 4.79. The van der Waals surface area contributed by atoms with Gasteiger partial charge >= 0.3 is 12.3 Å². The Kier molecular flexibility index (Phi) is 5.50. The molecule has 7 nitrogen and oxygen atoms in total. The number of aromatic amines is 1. The number of hydrogen-bond donors (Lipinski definition) is 2. The Morgan fingerprint density at radius 3 is 2.59 bits per heavy atom. The van der Waals surface area contributed by atoms with Crippen LogP contribution in [0.2, 0.25) is 0 Å². The molecule has 0 fully saturated rings. The third-order valence-electron chi connectivity index (χ3n) is 3.73. The van der Waals surface area contributed by atoms with Crippen LogP contribution in [0.1, 0.15) is 23.0 Å². The van der Waals surface area contributed by atoms with Crippen LogP contribution < -0.4 is 9.46 Å². The van der Waals surface area contributed by atoms with E-state index in [4.69, 9.17) is 4.74 Å². The highest BCUT2D eigenvalue weighted by Crippen LogP contribution is 2.35. The van der Waals surface area contributed by atoms with E-state index >= 15 is 0 Å². The highest BCUT2D eigenvalue weighted by molar-refractivity contribution is 7.94. The zero-order valence-electron chi connectivity index (χ0n) is 15.1. The first-order valence-corrected chi connectivity index (χ1v) is 10.5. The number of esters is 1. The first kappa shape index (κ1) is 21.0. The minimum absolute atomic E-state index is 0.0185. The van der Waals surface area contributed by atoms with E-state index in [1.54, 1.807) is 25.3 Å². The van der Waals surface area contributed by atoms with E-state index in [0.717, 1.165) is 23.5 Å². The molecule has 0 aliphatic rings. The topological polar surface area (TPSA) is 97.5 Å². The predicted molar refractivity (Wildman–Crippen MR) is 101 cm³/mol. The summed E-state index contributed by atoms with van der Waals surface area (Å²) in [6.07, 6.45) is -4.98. The van der Waals surface area contributed by atoms with Crippen molar-refractivity contribution in [3.63, 3.8) is 0 Å². The number of nitrogens with one attached hydrogen (secondary N) is 2. The van der Waals surface area contributed by atoms with Gasteiger partial charge in [-0.15, -0.1) is 24.5 Å². The first-order valence-electron chi connectivity index (χ1n) is 8.16. The maximum atomic E-state index is 12.7. The van der Waals surface area contributed by atoms with Crippen molar-refractivity contribution in [3.05, 3.63) is 40.9 Å². The molecule has 2 N–H and O–H groups in total. The molecule has 156 valence electrons. The van der Waals surface area contributed by atoms with Crippen LogP contribution >= 0.6 is 11.3 Å². The maximum Gasteiger partial charge on any atom is 0.573 e. The summed E-state index contributed by atoms with van der Waals surface area (Å²) in [5.74, 6) is -1.37. The van der Waals surface area contributed by atoms with Crippen molar-refractivity contribution in [1.82, 2.24) is 4.98 Å². The first-order chi connectivity index (χ1) is 13.5. The molecule has 29 heavy (non-hydrogen) atoms. The van der Waals surface area contributed by atoms with Crippen molar-refractivity contribution in [2.45, 2.75) is 24.4 Å². The fourth-order valence-corrected chi connectivity index (χ4v) is 5.12. The third-order valence-corrected chi connectivity index (χ3v) is 6.79. The zero-order chi connectivity index (χ0) is 21.4. The molecule has 3 aromatic rings. The molecule has 0 spiro atoms. The van der Waals surface area contributed by atoms with E-state index in [0.29, 0.717) is 5.56 Å². The highest BCUT2D eigenvalue weighted by atomic mass is 32.2. The van der Waals surface area contributed by atoms with Gasteiger partial charge in [0.25, 0.3) is 10.0 Å². The number of carbonyl (C=O) groups excluding carboxylic acids is 1. The summed E-state index contributed by atoms with van der Waals surface area (Å²) < 4.78 is 74.5. The molecule has 0 amide bonds. The lowest BCUT2D eigenvalue weighted by atomic mass is 10.2. The van der Waals surface area contributed by atoms with Crippen molar-refractivity contribution in [2.24, 2.45) is 0 Å². The van der Waals surface area contributed by atoms with Crippen LogP contribution in [-0.4, -0.2) is 32.3 Å². The Balaban J connectivity index is 2.12. The van der Waals surface area contributed by atoms with Crippen LogP contribution in [0.25, 0.3) is 10.9 Å². The van der Waals surface area contributed by atoms with Crippen LogP contribution in [0.4, 0.5) is 18.9 Å². The molecule has 0 unspecified atom stereocenters. The number of anilines is 1. The molecule has 0 radical (unpaired) electrons. The second-order valence-corrected chi connectivity index (χ2v) is 8.68. The number of rotatable bonds is 6. The lowest BCUT2D eigenvalue weighted by Crippen LogP contribution is -2.17. The van der Waals surface area contributed by atoms with Crippen LogP contribution in [-0.2, 0) is 14.8 Å².